The smallest absolute Gasteiger partial charge is 0.251 e. The molecule has 1 amide bonds. The number of nitrogens with one attached hydrogen (secondary N) is 1. The summed E-state index contributed by atoms with van der Waals surface area (Å²) >= 11 is 1.19. The topological polar surface area (TPSA) is 75.3 Å². The molecule has 0 saturated heterocycles. The van der Waals surface area contributed by atoms with Crippen LogP contribution in [0, 0.1) is 0 Å². The van der Waals surface area contributed by atoms with Gasteiger partial charge < -0.3 is 14.6 Å². The highest BCUT2D eigenvalue weighted by molar-refractivity contribution is 7.99. The molecule has 0 unspecified atom stereocenters. The van der Waals surface area contributed by atoms with Gasteiger partial charge in [0.1, 0.15) is 12.4 Å². The van der Waals surface area contributed by atoms with Crippen molar-refractivity contribution >= 4 is 23.4 Å². The van der Waals surface area contributed by atoms with Gasteiger partial charge in [0.25, 0.3) is 5.56 Å². The summed E-state index contributed by atoms with van der Waals surface area (Å²) in [7, 11) is 1.72. The van der Waals surface area contributed by atoms with E-state index in [-0.39, 0.29) is 23.8 Å². The second-order valence-corrected chi connectivity index (χ2v) is 6.68. The van der Waals surface area contributed by atoms with Crippen molar-refractivity contribution in [2.24, 2.45) is 0 Å². The molecule has 1 heterocycles. The second-order valence-electron chi connectivity index (χ2n) is 5.72. The molecule has 7 heteroatoms. The van der Waals surface area contributed by atoms with Crippen LogP contribution in [0.15, 0.2) is 76.7 Å². The number of nitrogens with zero attached hydrogens (tertiary/aromatic N) is 2. The molecule has 0 radical (unpaired) electrons. The number of amides is 1. The van der Waals surface area contributed by atoms with Gasteiger partial charge in [-0.15, -0.1) is 0 Å². The van der Waals surface area contributed by atoms with E-state index in [0.717, 1.165) is 5.69 Å². The monoisotopic (exact) mass is 381 g/mol. The zero-order valence-electron chi connectivity index (χ0n) is 14.8. The molecule has 0 fully saturated rings. The number of ether oxygens (including phenoxy) is 1. The van der Waals surface area contributed by atoms with E-state index in [0.29, 0.717) is 16.6 Å². The van der Waals surface area contributed by atoms with Gasteiger partial charge in [-0.25, -0.2) is 4.98 Å². The van der Waals surface area contributed by atoms with Crippen LogP contribution in [0.1, 0.15) is 5.69 Å². The Hall–Kier alpha value is -3.06. The van der Waals surface area contributed by atoms with Gasteiger partial charge in [0.15, 0.2) is 5.16 Å². The van der Waals surface area contributed by atoms with Gasteiger partial charge in [0, 0.05) is 18.8 Å². The van der Waals surface area contributed by atoms with Crippen LogP contribution in [0.3, 0.4) is 0 Å². The van der Waals surface area contributed by atoms with Gasteiger partial charge in [-0.3, -0.25) is 9.59 Å². The van der Waals surface area contributed by atoms with Gasteiger partial charge in [0.2, 0.25) is 5.91 Å². The van der Waals surface area contributed by atoms with Crippen molar-refractivity contribution in [2.75, 3.05) is 17.7 Å². The molecule has 0 aliphatic heterocycles. The van der Waals surface area contributed by atoms with Crippen molar-refractivity contribution < 1.29 is 9.53 Å². The van der Waals surface area contributed by atoms with Crippen LogP contribution in [0.2, 0.25) is 0 Å². The maximum Gasteiger partial charge on any atom is 0.251 e. The lowest BCUT2D eigenvalue weighted by molar-refractivity contribution is -0.115. The summed E-state index contributed by atoms with van der Waals surface area (Å²) in [4.78, 5) is 32.8. The minimum absolute atomic E-state index is 0.0835. The van der Waals surface area contributed by atoms with E-state index in [1.54, 1.807) is 11.9 Å². The third-order valence-corrected chi connectivity index (χ3v) is 4.61. The first kappa shape index (κ1) is 18.7. The summed E-state index contributed by atoms with van der Waals surface area (Å²) in [5.41, 5.74) is 1.05. The van der Waals surface area contributed by atoms with Crippen LogP contribution < -0.4 is 15.2 Å². The molecular weight excluding hydrogens is 362 g/mol. The number of aromatic nitrogens is 2. The third-order valence-electron chi connectivity index (χ3n) is 3.75. The Kier molecular flexibility index (Phi) is 6.27. The lowest BCUT2D eigenvalue weighted by Crippen LogP contribution is -2.28. The minimum Gasteiger partial charge on any atom is -0.487 e. The fourth-order valence-corrected chi connectivity index (χ4v) is 3.13. The largest absolute Gasteiger partial charge is 0.487 e. The number of aromatic amines is 1. The van der Waals surface area contributed by atoms with Crippen molar-refractivity contribution in [1.82, 2.24) is 9.97 Å². The first-order chi connectivity index (χ1) is 13.1. The highest BCUT2D eigenvalue weighted by Crippen LogP contribution is 2.17. The SMILES string of the molecule is CN(C(=O)CSc1nc(COc2ccccc2)cc(=O)[nH]1)c1ccccc1. The number of anilines is 1. The predicted octanol–water partition coefficient (Wildman–Crippen LogP) is 3.10. The van der Waals surface area contributed by atoms with E-state index >= 15 is 0 Å². The molecule has 0 spiro atoms. The van der Waals surface area contributed by atoms with Gasteiger partial charge >= 0.3 is 0 Å². The molecule has 0 aliphatic carbocycles. The molecule has 6 nitrogen and oxygen atoms in total. The summed E-state index contributed by atoms with van der Waals surface area (Å²) in [6.07, 6.45) is 0. The average Bonchev–Trinajstić information content (AvgIpc) is 2.71. The van der Waals surface area contributed by atoms with Crippen LogP contribution >= 0.6 is 11.8 Å². The zero-order chi connectivity index (χ0) is 19.1. The van der Waals surface area contributed by atoms with Gasteiger partial charge in [-0.1, -0.05) is 48.2 Å². The van der Waals surface area contributed by atoms with E-state index in [9.17, 15) is 9.59 Å². The van der Waals surface area contributed by atoms with E-state index in [1.807, 2.05) is 60.7 Å². The summed E-state index contributed by atoms with van der Waals surface area (Å²) < 4.78 is 5.62. The molecule has 3 aromatic rings. The number of para-hydroxylation sites is 2. The molecule has 27 heavy (non-hydrogen) atoms. The van der Waals surface area contributed by atoms with E-state index < -0.39 is 0 Å². The Bertz CT molecular complexity index is 945. The van der Waals surface area contributed by atoms with Crippen molar-refractivity contribution in [3.8, 4) is 5.75 Å². The number of rotatable bonds is 7. The summed E-state index contributed by atoms with van der Waals surface area (Å²) in [5.74, 6) is 0.783. The summed E-state index contributed by atoms with van der Waals surface area (Å²) in [6.45, 7) is 0.180. The quantitative estimate of drug-likeness (QED) is 0.503. The number of hydrogen-bond acceptors (Lipinski definition) is 5. The fourth-order valence-electron chi connectivity index (χ4n) is 2.32. The Morgan fingerprint density at radius 3 is 2.48 bits per heavy atom. The molecule has 0 bridgehead atoms. The summed E-state index contributed by atoms with van der Waals surface area (Å²) in [6, 6.07) is 20.1. The van der Waals surface area contributed by atoms with Crippen molar-refractivity contribution in [1.29, 1.82) is 0 Å². The van der Waals surface area contributed by atoms with Crippen molar-refractivity contribution in [3.63, 3.8) is 0 Å². The molecule has 3 rings (SSSR count). The van der Waals surface area contributed by atoms with E-state index in [2.05, 4.69) is 9.97 Å². The van der Waals surface area contributed by atoms with Gasteiger partial charge in [0.05, 0.1) is 11.4 Å². The molecule has 0 atom stereocenters. The zero-order valence-corrected chi connectivity index (χ0v) is 15.6. The predicted molar refractivity (Wildman–Crippen MR) is 106 cm³/mol. The number of hydrogen-bond donors (Lipinski definition) is 1. The van der Waals surface area contributed by atoms with Crippen LogP contribution in [-0.4, -0.2) is 28.7 Å². The first-order valence-corrected chi connectivity index (χ1v) is 9.33. The van der Waals surface area contributed by atoms with Crippen molar-refractivity contribution in [2.45, 2.75) is 11.8 Å². The van der Waals surface area contributed by atoms with E-state index in [4.69, 9.17) is 4.74 Å². The van der Waals surface area contributed by atoms with Gasteiger partial charge in [-0.2, -0.15) is 0 Å². The lowest BCUT2D eigenvalue weighted by atomic mass is 10.3. The Morgan fingerprint density at radius 2 is 1.78 bits per heavy atom. The molecule has 1 N–H and O–H groups in total. The van der Waals surface area contributed by atoms with Crippen LogP contribution in [0.5, 0.6) is 5.75 Å². The van der Waals surface area contributed by atoms with E-state index in [1.165, 1.54) is 17.8 Å². The number of carbonyl (C=O) groups is 1. The number of thioether (sulfide) groups is 1. The fraction of sp³-hybridized carbons (Fsp3) is 0.150. The summed E-state index contributed by atoms with van der Waals surface area (Å²) in [5, 5.41) is 0.393. The van der Waals surface area contributed by atoms with Gasteiger partial charge in [-0.05, 0) is 24.3 Å². The molecule has 0 saturated carbocycles. The number of carbonyl (C=O) groups excluding carboxylic acids is 1. The maximum absolute atomic E-state index is 12.4. The Labute approximate surface area is 161 Å². The molecule has 1 aromatic heterocycles. The molecule has 2 aromatic carbocycles. The Morgan fingerprint density at radius 1 is 1.11 bits per heavy atom. The second kappa shape index (κ2) is 9.05. The molecule has 0 aliphatic rings. The van der Waals surface area contributed by atoms with Crippen molar-refractivity contribution in [3.05, 3.63) is 82.8 Å². The number of H-pyrrole nitrogens is 1. The third kappa shape index (κ3) is 5.46. The standard InChI is InChI=1S/C20H19N3O3S/c1-23(16-8-4-2-5-9-16)19(25)14-27-20-21-15(12-18(24)22-20)13-26-17-10-6-3-7-11-17/h2-12H,13-14H2,1H3,(H,21,22,24). The van der Waals surface area contributed by atoms with Crippen LogP contribution in [0.4, 0.5) is 5.69 Å². The lowest BCUT2D eigenvalue weighted by Gasteiger charge is -2.16. The van der Waals surface area contributed by atoms with Crippen LogP contribution in [0.25, 0.3) is 0 Å². The normalized spacial score (nSPS) is 10.4. The minimum atomic E-state index is -0.275. The Balaban J connectivity index is 1.60. The molecular formula is C20H19N3O3S. The maximum atomic E-state index is 12.4. The highest BCUT2D eigenvalue weighted by Gasteiger charge is 2.12. The van der Waals surface area contributed by atoms with Crippen LogP contribution in [-0.2, 0) is 11.4 Å². The highest BCUT2D eigenvalue weighted by atomic mass is 32.2. The number of benzene rings is 2. The molecule has 138 valence electrons. The average molecular weight is 381 g/mol. The first-order valence-electron chi connectivity index (χ1n) is 8.34.